The van der Waals surface area contributed by atoms with Crippen LogP contribution < -0.4 is 11.5 Å². The maximum absolute atomic E-state index is 10.1. The van der Waals surface area contributed by atoms with Crippen LogP contribution in [0.1, 0.15) is 6.42 Å². The summed E-state index contributed by atoms with van der Waals surface area (Å²) in [5, 5.41) is 46.9. The van der Waals surface area contributed by atoms with Gasteiger partial charge in [0.2, 0.25) is 0 Å². The van der Waals surface area contributed by atoms with Crippen LogP contribution in [0.15, 0.2) is 0 Å². The summed E-state index contributed by atoms with van der Waals surface area (Å²) < 4.78 is 0. The normalized spacial score (nSPS) is 10.0. The number of aliphatic carboxylic acids is 2. The first kappa shape index (κ1) is 29.1. The molecule has 0 radical (unpaired) electrons. The molecule has 0 bridgehead atoms. The van der Waals surface area contributed by atoms with E-state index < -0.39 is 24.1 Å². The first-order chi connectivity index (χ1) is 10.3. The Morgan fingerprint density at radius 1 is 1.14 bits per heavy atom. The molecule has 0 aromatic heterocycles. The van der Waals surface area contributed by atoms with Gasteiger partial charge in [-0.1, -0.05) is 0 Å². The third kappa shape index (κ3) is 36.4. The number of carbonyl (C=O) groups is 2. The fraction of sp³-hybridized carbons (Fsp3) is 0.818. The lowest BCUT2D eigenvalue weighted by molar-refractivity contribution is -0.138. The lowest BCUT2D eigenvalue weighted by Gasteiger charge is -2.02. The smallest absolute Gasteiger partial charge is 0.320 e. The molecule has 0 fully saturated rings. The van der Waals surface area contributed by atoms with Gasteiger partial charge >= 0.3 is 11.9 Å². The van der Waals surface area contributed by atoms with Crippen LogP contribution in [0.3, 0.4) is 0 Å². The van der Waals surface area contributed by atoms with Gasteiger partial charge in [-0.05, 0) is 18.4 Å². The standard InChI is InChI=1S/C5H11NO2S.C3H8O3.C2H5NO2.CH4O/c1-9-3-2-4(6)5(7)8;4-1-3(6)2-5;3-1-2(4)5;1-2/h4H,2-3,6H2,1H3,(H,7,8);3-6H,1-2H2;1,3H2,(H,4,5);2H,1H3/t4-;;;/m0.../s1. The molecule has 0 amide bonds. The molecule has 10 N–H and O–H groups in total. The fourth-order valence-electron chi connectivity index (χ4n) is 0.426. The average molecular weight is 348 g/mol. The number of hydrogen-bond donors (Lipinski definition) is 8. The minimum Gasteiger partial charge on any atom is -0.480 e. The van der Waals surface area contributed by atoms with Crippen molar-refractivity contribution in [2.24, 2.45) is 11.5 Å². The summed E-state index contributed by atoms with van der Waals surface area (Å²) in [6, 6.07) is -0.683. The molecule has 0 aromatic carbocycles. The van der Waals surface area contributed by atoms with Gasteiger partial charge in [0.15, 0.2) is 0 Å². The molecule has 0 spiro atoms. The summed E-state index contributed by atoms with van der Waals surface area (Å²) in [4.78, 5) is 19.3. The molecule has 0 saturated carbocycles. The van der Waals surface area contributed by atoms with Gasteiger partial charge in [-0.25, -0.2) is 0 Å². The second-order valence-corrected chi connectivity index (χ2v) is 4.33. The van der Waals surface area contributed by atoms with Gasteiger partial charge in [-0.3, -0.25) is 9.59 Å². The fourth-order valence-corrected chi connectivity index (χ4v) is 0.916. The van der Waals surface area contributed by atoms with Gasteiger partial charge in [0.25, 0.3) is 0 Å². The highest BCUT2D eigenvalue weighted by atomic mass is 32.2. The number of hydrogen-bond acceptors (Lipinski definition) is 9. The Balaban J connectivity index is -0.000000109. The van der Waals surface area contributed by atoms with Crippen molar-refractivity contribution in [3.05, 3.63) is 0 Å². The van der Waals surface area contributed by atoms with Crippen LogP contribution in [0.25, 0.3) is 0 Å². The van der Waals surface area contributed by atoms with Crippen LogP contribution in [0.4, 0.5) is 0 Å². The number of thioether (sulfide) groups is 1. The quantitative estimate of drug-likeness (QED) is 0.234. The van der Waals surface area contributed by atoms with Crippen molar-refractivity contribution in [3.8, 4) is 0 Å². The van der Waals surface area contributed by atoms with Gasteiger partial charge in [-0.15, -0.1) is 0 Å². The van der Waals surface area contributed by atoms with Crippen molar-refractivity contribution in [3.63, 3.8) is 0 Å². The maximum Gasteiger partial charge on any atom is 0.320 e. The topological polar surface area (TPSA) is 208 Å². The van der Waals surface area contributed by atoms with Gasteiger partial charge in [-0.2, -0.15) is 11.8 Å². The average Bonchev–Trinajstić information content (AvgIpc) is 2.54. The predicted octanol–water partition coefficient (Wildman–Crippen LogP) is -2.88. The first-order valence-corrected chi connectivity index (χ1v) is 7.39. The second-order valence-electron chi connectivity index (χ2n) is 3.34. The Bertz CT molecular complexity index is 242. The number of nitrogens with two attached hydrogens (primary N) is 2. The van der Waals surface area contributed by atoms with Crippen molar-refractivity contribution in [2.45, 2.75) is 18.6 Å². The van der Waals surface area contributed by atoms with Gasteiger partial charge in [0.1, 0.15) is 12.1 Å². The van der Waals surface area contributed by atoms with E-state index in [4.69, 9.17) is 36.4 Å². The Morgan fingerprint density at radius 3 is 1.64 bits per heavy atom. The molecule has 0 aromatic rings. The van der Waals surface area contributed by atoms with Crippen molar-refractivity contribution in [2.75, 3.05) is 38.9 Å². The van der Waals surface area contributed by atoms with E-state index in [1.807, 2.05) is 6.26 Å². The molecule has 10 nitrogen and oxygen atoms in total. The third-order valence-corrected chi connectivity index (χ3v) is 2.19. The molecule has 22 heavy (non-hydrogen) atoms. The van der Waals surface area contributed by atoms with E-state index in [2.05, 4.69) is 5.73 Å². The first-order valence-electron chi connectivity index (χ1n) is 6.00. The van der Waals surface area contributed by atoms with Crippen molar-refractivity contribution < 1.29 is 40.2 Å². The number of aliphatic hydroxyl groups excluding tert-OH is 4. The van der Waals surface area contributed by atoms with E-state index in [0.29, 0.717) is 6.42 Å². The molecule has 0 aliphatic heterocycles. The van der Waals surface area contributed by atoms with Crippen molar-refractivity contribution in [1.82, 2.24) is 0 Å². The van der Waals surface area contributed by atoms with Crippen molar-refractivity contribution >= 4 is 23.7 Å². The maximum atomic E-state index is 10.1. The predicted molar refractivity (Wildman–Crippen MR) is 83.6 cm³/mol. The Hall–Kier alpha value is -0.950. The molecular weight excluding hydrogens is 320 g/mol. The molecule has 0 aliphatic carbocycles. The van der Waals surface area contributed by atoms with Crippen LogP contribution in [0, 0.1) is 0 Å². The molecule has 0 aliphatic rings. The molecule has 0 rings (SSSR count). The second kappa shape index (κ2) is 25.0. The number of carboxylic acid groups (broad SMARTS) is 2. The summed E-state index contributed by atoms with van der Waals surface area (Å²) in [5.41, 5.74) is 9.76. The van der Waals surface area contributed by atoms with Gasteiger partial charge < -0.3 is 42.1 Å². The van der Waals surface area contributed by atoms with Crippen molar-refractivity contribution in [1.29, 1.82) is 0 Å². The Labute approximate surface area is 133 Å². The minimum absolute atomic E-state index is 0.278. The van der Waals surface area contributed by atoms with E-state index >= 15 is 0 Å². The summed E-state index contributed by atoms with van der Waals surface area (Å²) in [6.45, 7) is -1.01. The van der Waals surface area contributed by atoms with E-state index in [1.165, 1.54) is 0 Å². The van der Waals surface area contributed by atoms with Gasteiger partial charge in [0.05, 0.1) is 19.8 Å². The zero-order valence-electron chi connectivity index (χ0n) is 12.8. The van der Waals surface area contributed by atoms with Crippen LogP contribution >= 0.6 is 11.8 Å². The summed E-state index contributed by atoms with van der Waals surface area (Å²) in [5.74, 6) is -1.07. The molecule has 1 atom stereocenters. The molecule has 0 unspecified atom stereocenters. The molecule has 136 valence electrons. The zero-order chi connectivity index (χ0) is 18.6. The number of rotatable bonds is 7. The Kier molecular flexibility index (Phi) is 33.1. The minimum atomic E-state index is -0.968. The van der Waals surface area contributed by atoms with E-state index in [9.17, 15) is 9.59 Å². The van der Waals surface area contributed by atoms with E-state index in [-0.39, 0.29) is 19.8 Å². The monoisotopic (exact) mass is 348 g/mol. The lowest BCUT2D eigenvalue weighted by atomic mass is 10.2. The number of aliphatic hydroxyl groups is 4. The highest BCUT2D eigenvalue weighted by Crippen LogP contribution is 1.97. The van der Waals surface area contributed by atoms with E-state index in [1.54, 1.807) is 11.8 Å². The molecule has 0 heterocycles. The van der Waals surface area contributed by atoms with Crippen LogP contribution in [-0.2, 0) is 9.59 Å². The molecule has 0 saturated heterocycles. The highest BCUT2D eigenvalue weighted by Gasteiger charge is 2.08. The van der Waals surface area contributed by atoms with Crippen LogP contribution in [-0.4, -0.2) is 93.6 Å². The van der Waals surface area contributed by atoms with Gasteiger partial charge in [0, 0.05) is 7.11 Å². The summed E-state index contributed by atoms with van der Waals surface area (Å²) in [7, 11) is 1.00. The molecule has 11 heteroatoms. The number of carboxylic acids is 2. The summed E-state index contributed by atoms with van der Waals surface area (Å²) in [6.07, 6.45) is 1.52. The molecular formula is C11H28N2O8S. The summed E-state index contributed by atoms with van der Waals surface area (Å²) >= 11 is 1.60. The SMILES string of the molecule is CO.CSCC[C@H](N)C(=O)O.NCC(=O)O.OCC(O)CO. The zero-order valence-corrected chi connectivity index (χ0v) is 13.6. The third-order valence-electron chi connectivity index (χ3n) is 1.55. The lowest BCUT2D eigenvalue weighted by Crippen LogP contribution is -2.30. The Morgan fingerprint density at radius 2 is 1.50 bits per heavy atom. The van der Waals surface area contributed by atoms with Crippen LogP contribution in [0.5, 0.6) is 0 Å². The van der Waals surface area contributed by atoms with E-state index in [0.717, 1.165) is 12.9 Å². The highest BCUT2D eigenvalue weighted by molar-refractivity contribution is 7.98. The van der Waals surface area contributed by atoms with Crippen LogP contribution in [0.2, 0.25) is 0 Å². The largest absolute Gasteiger partial charge is 0.480 e.